The minimum absolute atomic E-state index is 0.0632. The van der Waals surface area contributed by atoms with Gasteiger partial charge in [-0.1, -0.05) is 31.0 Å². The van der Waals surface area contributed by atoms with Gasteiger partial charge in [0, 0.05) is 11.5 Å². The zero-order valence-electron chi connectivity index (χ0n) is 16.8. The van der Waals surface area contributed by atoms with Crippen LogP contribution in [0.3, 0.4) is 0 Å². The Bertz CT molecular complexity index is 777. The van der Waals surface area contributed by atoms with Crippen molar-refractivity contribution in [1.29, 1.82) is 0 Å². The predicted octanol–water partition coefficient (Wildman–Crippen LogP) is 2.28. The first kappa shape index (κ1) is 22.1. The summed E-state index contributed by atoms with van der Waals surface area (Å²) in [7, 11) is 1.61. The van der Waals surface area contributed by atoms with Crippen LogP contribution < -0.4 is 20.7 Å². The molecule has 2 fully saturated rings. The molecule has 2 saturated carbocycles. The van der Waals surface area contributed by atoms with Gasteiger partial charge in [-0.2, -0.15) is 8.78 Å². The number of alkyl halides is 2. The number of rotatable bonds is 9. The zero-order chi connectivity index (χ0) is 21.7. The summed E-state index contributed by atoms with van der Waals surface area (Å²) in [4.78, 5) is 35.7. The maximum atomic E-state index is 13.0. The maximum absolute atomic E-state index is 13.0. The highest BCUT2D eigenvalue weighted by molar-refractivity contribution is 5.96. The number of hydrogen-bond acceptors (Lipinski definition) is 5. The number of ether oxygens (including phenoxy) is 1. The molecule has 2 aliphatic rings. The summed E-state index contributed by atoms with van der Waals surface area (Å²) in [6.07, 6.45) is 4.65. The molecule has 0 bridgehead atoms. The number of imide groups is 1. The zero-order valence-corrected chi connectivity index (χ0v) is 16.8. The molecule has 1 atom stereocenters. The van der Waals surface area contributed by atoms with E-state index in [0.717, 1.165) is 25.7 Å². The van der Waals surface area contributed by atoms with E-state index in [-0.39, 0.29) is 30.4 Å². The molecule has 9 heteroatoms. The normalized spacial score (nSPS) is 24.7. The number of carbonyl (C=O) groups excluding carboxylic acids is 3. The first-order chi connectivity index (χ1) is 14.4. The molecule has 3 rings (SSSR count). The summed E-state index contributed by atoms with van der Waals surface area (Å²) in [5.74, 6) is -0.922. The van der Waals surface area contributed by atoms with Gasteiger partial charge in [0.15, 0.2) is 0 Å². The van der Waals surface area contributed by atoms with E-state index < -0.39 is 30.0 Å². The molecule has 1 unspecified atom stereocenters. The second kappa shape index (κ2) is 9.51. The van der Waals surface area contributed by atoms with Crippen LogP contribution in [0.2, 0.25) is 0 Å². The van der Waals surface area contributed by atoms with E-state index in [2.05, 4.69) is 16.0 Å². The van der Waals surface area contributed by atoms with Crippen molar-refractivity contribution in [3.8, 4) is 5.75 Å². The molecule has 164 valence electrons. The van der Waals surface area contributed by atoms with E-state index in [0.29, 0.717) is 12.0 Å². The number of likely N-dealkylation sites (N-methyl/N-ethyl adjacent to an activating group) is 1. The molecule has 0 heterocycles. The standard InChI is InChI=1S/C21H27F2N3O4/c1-24-21(19(29)25-12-27)10-14(11-21)18(28)26-17(13-6-2-3-7-13)15-8-4-5-9-16(15)30-20(22)23/h4-5,8-9,12-14,17,20,24H,2-3,6-7,10-11H2,1H3,(H,26,28)(H,25,27,29). The first-order valence-corrected chi connectivity index (χ1v) is 10.2. The molecule has 7 nitrogen and oxygen atoms in total. The summed E-state index contributed by atoms with van der Waals surface area (Å²) >= 11 is 0. The SMILES string of the molecule is CNC1(C(=O)NC=O)CC(C(=O)NC(c2ccccc2OC(F)F)C2CCCC2)C1. The van der Waals surface area contributed by atoms with Crippen LogP contribution in [0, 0.1) is 11.8 Å². The molecule has 30 heavy (non-hydrogen) atoms. The largest absolute Gasteiger partial charge is 0.434 e. The fourth-order valence-corrected chi connectivity index (χ4v) is 4.61. The third kappa shape index (κ3) is 4.61. The molecular weight excluding hydrogens is 396 g/mol. The molecule has 0 radical (unpaired) electrons. The monoisotopic (exact) mass is 423 g/mol. The summed E-state index contributed by atoms with van der Waals surface area (Å²) in [5, 5.41) is 8.07. The van der Waals surface area contributed by atoms with E-state index in [1.54, 1.807) is 25.2 Å². The quantitative estimate of drug-likeness (QED) is 0.530. The lowest BCUT2D eigenvalue weighted by Crippen LogP contribution is -2.65. The Labute approximate surface area is 173 Å². The Morgan fingerprint density at radius 1 is 1.20 bits per heavy atom. The molecule has 1 aromatic rings. The lowest BCUT2D eigenvalue weighted by Gasteiger charge is -2.45. The number of hydrogen-bond donors (Lipinski definition) is 3. The van der Waals surface area contributed by atoms with Gasteiger partial charge < -0.3 is 15.4 Å². The molecule has 3 amide bonds. The van der Waals surface area contributed by atoms with Gasteiger partial charge in [-0.25, -0.2) is 0 Å². The Hall–Kier alpha value is -2.55. The highest BCUT2D eigenvalue weighted by Gasteiger charge is 2.52. The number of benzene rings is 1. The minimum atomic E-state index is -2.95. The van der Waals surface area contributed by atoms with Gasteiger partial charge >= 0.3 is 6.61 Å². The van der Waals surface area contributed by atoms with Crippen LogP contribution in [0.1, 0.15) is 50.1 Å². The number of amides is 3. The van der Waals surface area contributed by atoms with E-state index in [1.165, 1.54) is 6.07 Å². The van der Waals surface area contributed by atoms with Crippen LogP contribution in [-0.4, -0.2) is 37.4 Å². The summed E-state index contributed by atoms with van der Waals surface area (Å²) < 4.78 is 30.5. The molecular formula is C21H27F2N3O4. The van der Waals surface area contributed by atoms with Gasteiger partial charge in [0.05, 0.1) is 11.6 Å². The van der Waals surface area contributed by atoms with Crippen LogP contribution in [-0.2, 0) is 14.4 Å². The number of nitrogens with one attached hydrogen (secondary N) is 3. The lowest BCUT2D eigenvalue weighted by molar-refractivity contribution is -0.141. The average Bonchev–Trinajstić information content (AvgIpc) is 3.20. The Morgan fingerprint density at radius 3 is 2.47 bits per heavy atom. The third-order valence-electron chi connectivity index (χ3n) is 6.30. The third-order valence-corrected chi connectivity index (χ3v) is 6.30. The van der Waals surface area contributed by atoms with Crippen molar-refractivity contribution in [2.45, 2.75) is 56.7 Å². The average molecular weight is 423 g/mol. The van der Waals surface area contributed by atoms with Crippen molar-refractivity contribution in [2.75, 3.05) is 7.05 Å². The summed E-state index contributed by atoms with van der Waals surface area (Å²) in [6.45, 7) is -2.95. The maximum Gasteiger partial charge on any atom is 0.387 e. The van der Waals surface area contributed by atoms with Crippen molar-refractivity contribution >= 4 is 18.2 Å². The second-order valence-electron chi connectivity index (χ2n) is 7.98. The molecule has 0 spiro atoms. The van der Waals surface area contributed by atoms with E-state index in [9.17, 15) is 23.2 Å². The summed E-state index contributed by atoms with van der Waals surface area (Å²) in [6, 6.07) is 6.10. The minimum Gasteiger partial charge on any atom is -0.434 e. The van der Waals surface area contributed by atoms with Gasteiger partial charge in [-0.05, 0) is 44.7 Å². The molecule has 2 aliphatic carbocycles. The lowest BCUT2D eigenvalue weighted by atomic mass is 9.67. The van der Waals surface area contributed by atoms with E-state index >= 15 is 0 Å². The molecule has 0 saturated heterocycles. The van der Waals surface area contributed by atoms with Gasteiger partial charge in [0.2, 0.25) is 18.2 Å². The van der Waals surface area contributed by atoms with Crippen molar-refractivity contribution in [2.24, 2.45) is 11.8 Å². The predicted molar refractivity (Wildman–Crippen MR) is 105 cm³/mol. The Balaban J connectivity index is 1.75. The van der Waals surface area contributed by atoms with Gasteiger partial charge in [0.1, 0.15) is 5.75 Å². The smallest absolute Gasteiger partial charge is 0.387 e. The van der Waals surface area contributed by atoms with E-state index in [4.69, 9.17) is 4.74 Å². The van der Waals surface area contributed by atoms with Crippen molar-refractivity contribution in [1.82, 2.24) is 16.0 Å². The Morgan fingerprint density at radius 2 is 1.87 bits per heavy atom. The molecule has 0 aliphatic heterocycles. The van der Waals surface area contributed by atoms with Crippen molar-refractivity contribution in [3.63, 3.8) is 0 Å². The van der Waals surface area contributed by atoms with E-state index in [1.807, 2.05) is 0 Å². The van der Waals surface area contributed by atoms with Gasteiger partial charge in [-0.3, -0.25) is 19.7 Å². The van der Waals surface area contributed by atoms with Gasteiger partial charge in [0.25, 0.3) is 0 Å². The van der Waals surface area contributed by atoms with Crippen LogP contribution in [0.25, 0.3) is 0 Å². The fraction of sp³-hybridized carbons (Fsp3) is 0.571. The first-order valence-electron chi connectivity index (χ1n) is 10.2. The molecule has 0 aromatic heterocycles. The molecule has 3 N–H and O–H groups in total. The summed E-state index contributed by atoms with van der Waals surface area (Å²) in [5.41, 5.74) is -0.418. The van der Waals surface area contributed by atoms with Crippen molar-refractivity contribution in [3.05, 3.63) is 29.8 Å². The number of carbonyl (C=O) groups is 3. The van der Waals surface area contributed by atoms with Crippen LogP contribution in [0.15, 0.2) is 24.3 Å². The van der Waals surface area contributed by atoms with Crippen molar-refractivity contribution < 1.29 is 27.9 Å². The fourth-order valence-electron chi connectivity index (χ4n) is 4.61. The topological polar surface area (TPSA) is 96.5 Å². The van der Waals surface area contributed by atoms with Gasteiger partial charge in [-0.15, -0.1) is 0 Å². The second-order valence-corrected chi connectivity index (χ2v) is 7.98. The highest BCUT2D eigenvalue weighted by Crippen LogP contribution is 2.42. The van der Waals surface area contributed by atoms with Crippen LogP contribution in [0.5, 0.6) is 5.75 Å². The van der Waals surface area contributed by atoms with Crippen LogP contribution >= 0.6 is 0 Å². The number of para-hydroxylation sites is 1. The number of halogens is 2. The molecule has 1 aromatic carbocycles. The van der Waals surface area contributed by atoms with Crippen LogP contribution in [0.4, 0.5) is 8.78 Å². The Kier molecular flexibility index (Phi) is 7.02. The highest BCUT2D eigenvalue weighted by atomic mass is 19.3.